The second kappa shape index (κ2) is 9.84. The van der Waals surface area contributed by atoms with Crippen molar-refractivity contribution in [2.45, 2.75) is 97.1 Å². The van der Waals surface area contributed by atoms with Gasteiger partial charge in [-0.1, -0.05) is 70.9 Å². The van der Waals surface area contributed by atoms with E-state index >= 15 is 0 Å². The monoisotopic (exact) mass is 410 g/mol. The van der Waals surface area contributed by atoms with E-state index in [1.807, 2.05) is 0 Å². The van der Waals surface area contributed by atoms with Gasteiger partial charge in [-0.05, 0) is 45.2 Å². The Morgan fingerprint density at radius 2 is 1.63 bits per heavy atom. The molecule has 0 aromatic carbocycles. The molecule has 0 saturated carbocycles. The summed E-state index contributed by atoms with van der Waals surface area (Å²) in [7, 11) is 0. The Balaban J connectivity index is 1.84. The van der Waals surface area contributed by atoms with Crippen molar-refractivity contribution in [3.05, 3.63) is 11.6 Å². The minimum atomic E-state index is -0.982. The van der Waals surface area contributed by atoms with Gasteiger partial charge in [0.15, 0.2) is 0 Å². The average molecular weight is 411 g/mol. The summed E-state index contributed by atoms with van der Waals surface area (Å²) < 4.78 is 0. The van der Waals surface area contributed by atoms with E-state index in [1.165, 1.54) is 57.1 Å². The van der Waals surface area contributed by atoms with Gasteiger partial charge in [0.05, 0.1) is 0 Å². The van der Waals surface area contributed by atoms with Crippen LogP contribution in [0.3, 0.4) is 0 Å². The smallest absolute Gasteiger partial charge is 0.203 e. The minimum Gasteiger partial charge on any atom is -0.303 e. The van der Waals surface area contributed by atoms with Crippen molar-refractivity contribution in [3.63, 3.8) is 0 Å². The molecule has 0 unspecified atom stereocenters. The van der Waals surface area contributed by atoms with E-state index in [-0.39, 0.29) is 17.4 Å². The molecule has 3 heterocycles. The molecular formula is C26H42N4. The van der Waals surface area contributed by atoms with E-state index in [1.54, 1.807) is 0 Å². The highest BCUT2D eigenvalue weighted by Crippen LogP contribution is 2.59. The number of unbranched alkanes of at least 4 members (excludes halogenated alkanes) is 6. The molecule has 0 radical (unpaired) electrons. The molecule has 0 aromatic heterocycles. The van der Waals surface area contributed by atoms with Gasteiger partial charge in [-0.2, -0.15) is 10.5 Å². The summed E-state index contributed by atoms with van der Waals surface area (Å²) in [6.45, 7) is 13.5. The number of hydrogen-bond acceptors (Lipinski definition) is 4. The number of nitrogens with zero attached hydrogens (tertiary/aromatic N) is 4. The molecule has 4 aliphatic rings. The molecule has 2 saturated heterocycles. The van der Waals surface area contributed by atoms with Crippen molar-refractivity contribution in [3.8, 4) is 12.1 Å². The second-order valence-corrected chi connectivity index (χ2v) is 10.3. The Morgan fingerprint density at radius 3 is 2.23 bits per heavy atom. The summed E-state index contributed by atoms with van der Waals surface area (Å²) in [6.07, 6.45) is 13.4. The van der Waals surface area contributed by atoms with Gasteiger partial charge in [0.25, 0.3) is 0 Å². The largest absolute Gasteiger partial charge is 0.303 e. The van der Waals surface area contributed by atoms with Crippen LogP contribution in [0.1, 0.15) is 85.5 Å². The van der Waals surface area contributed by atoms with E-state index in [2.05, 4.69) is 55.7 Å². The van der Waals surface area contributed by atoms with Gasteiger partial charge in [-0.3, -0.25) is 4.90 Å². The third-order valence-electron chi connectivity index (χ3n) is 8.27. The van der Waals surface area contributed by atoms with Crippen LogP contribution in [0.2, 0.25) is 0 Å². The maximum atomic E-state index is 10.3. The van der Waals surface area contributed by atoms with Gasteiger partial charge in [0.2, 0.25) is 5.54 Å². The Morgan fingerprint density at radius 1 is 1.00 bits per heavy atom. The van der Waals surface area contributed by atoms with Gasteiger partial charge < -0.3 is 4.90 Å². The number of fused-ring (bicyclic) bond motifs is 1. The van der Waals surface area contributed by atoms with Gasteiger partial charge in [-0.25, -0.2) is 0 Å². The van der Waals surface area contributed by atoms with Crippen LogP contribution in [0.15, 0.2) is 11.6 Å². The first-order valence-electron chi connectivity index (χ1n) is 12.5. The summed E-state index contributed by atoms with van der Waals surface area (Å²) in [5, 5.41) is 20.5. The van der Waals surface area contributed by atoms with Crippen molar-refractivity contribution in [2.75, 3.05) is 26.2 Å². The fraction of sp³-hybridized carbons (Fsp3) is 0.846. The number of nitriles is 2. The molecule has 2 bridgehead atoms. The standard InChI is InChI=1S/C26H42N4/c1-5-7-9-11-14-29-16-13-22-23-17-21(3)24(25(22,4)20-29)30(15-12-10-8-6-2)26(23,18-27)19-28/h17,22-24H,5-16,20H2,1-4H3/t22-,23+,24-,25-/m0/s1. The average Bonchev–Trinajstić information content (AvgIpc) is 2.74. The van der Waals surface area contributed by atoms with Crippen LogP contribution in [0, 0.1) is 39.9 Å². The van der Waals surface area contributed by atoms with E-state index in [9.17, 15) is 10.5 Å². The number of piperidine rings is 2. The first-order chi connectivity index (χ1) is 14.5. The quantitative estimate of drug-likeness (QED) is 0.351. The molecule has 2 fully saturated rings. The lowest BCUT2D eigenvalue weighted by Crippen LogP contribution is -2.74. The second-order valence-electron chi connectivity index (χ2n) is 10.3. The number of hydrogen-bond donors (Lipinski definition) is 0. The zero-order valence-corrected chi connectivity index (χ0v) is 19.8. The van der Waals surface area contributed by atoms with Crippen LogP contribution in [-0.4, -0.2) is 47.6 Å². The van der Waals surface area contributed by atoms with Crippen molar-refractivity contribution in [2.24, 2.45) is 17.3 Å². The molecule has 0 spiro atoms. The van der Waals surface area contributed by atoms with Crippen molar-refractivity contribution < 1.29 is 0 Å². The summed E-state index contributed by atoms with van der Waals surface area (Å²) in [6, 6.07) is 5.27. The maximum Gasteiger partial charge on any atom is 0.203 e. The van der Waals surface area contributed by atoms with E-state index in [0.717, 1.165) is 32.5 Å². The fourth-order valence-corrected chi connectivity index (χ4v) is 6.90. The lowest BCUT2D eigenvalue weighted by Gasteiger charge is -2.66. The van der Waals surface area contributed by atoms with Crippen molar-refractivity contribution >= 4 is 0 Å². The topological polar surface area (TPSA) is 54.1 Å². The third kappa shape index (κ3) is 3.94. The van der Waals surface area contributed by atoms with E-state index in [4.69, 9.17) is 0 Å². The molecule has 4 nitrogen and oxygen atoms in total. The number of likely N-dealkylation sites (tertiary alicyclic amines) is 1. The highest BCUT2D eigenvalue weighted by molar-refractivity contribution is 5.42. The molecule has 0 aromatic rings. The normalized spacial score (nSPS) is 32.9. The van der Waals surface area contributed by atoms with Crippen LogP contribution >= 0.6 is 0 Å². The lowest BCUT2D eigenvalue weighted by molar-refractivity contribution is -0.129. The molecular weight excluding hydrogens is 368 g/mol. The zero-order chi connectivity index (χ0) is 21.8. The van der Waals surface area contributed by atoms with Gasteiger partial charge >= 0.3 is 0 Å². The van der Waals surface area contributed by atoms with E-state index < -0.39 is 5.54 Å². The summed E-state index contributed by atoms with van der Waals surface area (Å²) in [4.78, 5) is 5.01. The number of rotatable bonds is 10. The molecule has 30 heavy (non-hydrogen) atoms. The van der Waals surface area contributed by atoms with Crippen LogP contribution in [-0.2, 0) is 0 Å². The van der Waals surface area contributed by atoms with Crippen LogP contribution in [0.5, 0.6) is 0 Å². The van der Waals surface area contributed by atoms with Gasteiger partial charge in [-0.15, -0.1) is 0 Å². The van der Waals surface area contributed by atoms with Crippen molar-refractivity contribution in [1.82, 2.24) is 9.80 Å². The molecule has 1 aliphatic carbocycles. The molecule has 3 aliphatic heterocycles. The predicted molar refractivity (Wildman–Crippen MR) is 123 cm³/mol. The minimum absolute atomic E-state index is 0.0379. The summed E-state index contributed by atoms with van der Waals surface area (Å²) in [5.41, 5.74) is 0.543. The van der Waals surface area contributed by atoms with Crippen LogP contribution in [0.4, 0.5) is 0 Å². The zero-order valence-electron chi connectivity index (χ0n) is 19.8. The van der Waals surface area contributed by atoms with Crippen molar-refractivity contribution in [1.29, 1.82) is 10.5 Å². The Labute approximate surface area is 184 Å². The Hall–Kier alpha value is -1.36. The van der Waals surface area contributed by atoms with Gasteiger partial charge in [0.1, 0.15) is 12.1 Å². The Kier molecular flexibility index (Phi) is 7.65. The Bertz CT molecular complexity index is 685. The summed E-state index contributed by atoms with van der Waals surface area (Å²) in [5.74, 6) is 0.472. The molecule has 166 valence electrons. The lowest BCUT2D eigenvalue weighted by atomic mass is 9.50. The molecule has 0 amide bonds. The first kappa shape index (κ1) is 23.3. The predicted octanol–water partition coefficient (Wildman–Crippen LogP) is 5.52. The first-order valence-corrected chi connectivity index (χ1v) is 12.5. The van der Waals surface area contributed by atoms with Gasteiger partial charge in [0, 0.05) is 30.5 Å². The highest BCUT2D eigenvalue weighted by atomic mass is 15.3. The molecule has 0 N–H and O–H groups in total. The summed E-state index contributed by atoms with van der Waals surface area (Å²) >= 11 is 0. The molecule has 4 atom stereocenters. The van der Waals surface area contributed by atoms with Crippen LogP contribution in [0.25, 0.3) is 0 Å². The van der Waals surface area contributed by atoms with Crippen LogP contribution < -0.4 is 0 Å². The molecule has 4 rings (SSSR count). The fourth-order valence-electron chi connectivity index (χ4n) is 6.90. The maximum absolute atomic E-state index is 10.3. The third-order valence-corrected chi connectivity index (χ3v) is 8.27. The molecule has 4 heteroatoms. The SMILES string of the molecule is CCCCCCN1CC[C@H]2[C@H]3C=C(C)[C@H](N(CCCCCC)C3(C#N)C#N)[C@@]2(C)C1. The highest BCUT2D eigenvalue weighted by Gasteiger charge is 2.66. The van der Waals surface area contributed by atoms with E-state index in [0.29, 0.717) is 5.92 Å².